The molecule has 0 fully saturated rings. The molecule has 0 heterocycles. The molecule has 5 nitrogen and oxygen atoms in total. The molecule has 3 N–H and O–H groups in total. The quantitative estimate of drug-likeness (QED) is 0.755. The van der Waals surface area contributed by atoms with Gasteiger partial charge in [-0.1, -0.05) is 13.8 Å². The van der Waals surface area contributed by atoms with E-state index in [-0.39, 0.29) is 12.2 Å². The first kappa shape index (κ1) is 16.9. The molecule has 0 aliphatic heterocycles. The van der Waals surface area contributed by atoms with Crippen molar-refractivity contribution >= 4 is 17.7 Å². The predicted molar refractivity (Wildman–Crippen MR) is 74.0 cm³/mol. The first-order chi connectivity index (χ1) is 9.82. The minimum Gasteiger partial charge on any atom is -0.481 e. The molecular weight excluding hydrogens is 282 g/mol. The van der Waals surface area contributed by atoms with Gasteiger partial charge < -0.3 is 15.7 Å². The zero-order valence-electron chi connectivity index (χ0n) is 11.9. The third kappa shape index (κ3) is 4.40. The normalized spacial score (nSPS) is 11.0. The van der Waals surface area contributed by atoms with E-state index < -0.39 is 29.0 Å². The highest BCUT2D eigenvalue weighted by Gasteiger charge is 2.35. The minimum atomic E-state index is -1.05. The summed E-state index contributed by atoms with van der Waals surface area (Å²) in [6, 6.07) is 1.90. The van der Waals surface area contributed by atoms with Crippen LogP contribution in [0, 0.1) is 17.0 Å². The Bertz CT molecular complexity index is 511. The average molecular weight is 300 g/mol. The average Bonchev–Trinajstić information content (AvgIpc) is 2.38. The van der Waals surface area contributed by atoms with Crippen molar-refractivity contribution in [3.05, 3.63) is 29.8 Å². The second kappa shape index (κ2) is 7.01. The molecule has 0 saturated carbocycles. The summed E-state index contributed by atoms with van der Waals surface area (Å²) < 4.78 is 26.0. The number of hydrogen-bond donors (Lipinski definition) is 3. The number of rotatable bonds is 6. The van der Waals surface area contributed by atoms with Crippen LogP contribution >= 0.6 is 0 Å². The molecule has 0 bridgehead atoms. The number of halogens is 2. The Labute approximate surface area is 121 Å². The van der Waals surface area contributed by atoms with Crippen LogP contribution in [0.2, 0.25) is 0 Å². The molecular formula is C14H18F2N2O3. The van der Waals surface area contributed by atoms with Crippen LogP contribution in [0.15, 0.2) is 18.2 Å². The lowest BCUT2D eigenvalue weighted by Gasteiger charge is -2.26. The van der Waals surface area contributed by atoms with Gasteiger partial charge in [0.1, 0.15) is 11.6 Å². The largest absolute Gasteiger partial charge is 0.481 e. The number of hydrogen-bond acceptors (Lipinski definition) is 2. The second-order valence-corrected chi connectivity index (χ2v) is 4.76. The van der Waals surface area contributed by atoms with Crippen LogP contribution in [0.25, 0.3) is 0 Å². The summed E-state index contributed by atoms with van der Waals surface area (Å²) in [6.45, 7) is 3.37. The third-order valence-electron chi connectivity index (χ3n) is 3.51. The lowest BCUT2D eigenvalue weighted by atomic mass is 9.82. The van der Waals surface area contributed by atoms with Crippen molar-refractivity contribution in [1.82, 2.24) is 5.32 Å². The summed E-state index contributed by atoms with van der Waals surface area (Å²) in [6.07, 6.45) is 0.710. The maximum absolute atomic E-state index is 13.0. The van der Waals surface area contributed by atoms with E-state index >= 15 is 0 Å². The number of benzene rings is 1. The van der Waals surface area contributed by atoms with Crippen LogP contribution in [-0.2, 0) is 4.79 Å². The monoisotopic (exact) mass is 300 g/mol. The molecule has 21 heavy (non-hydrogen) atoms. The fourth-order valence-corrected chi connectivity index (χ4v) is 1.93. The molecule has 0 aliphatic carbocycles. The van der Waals surface area contributed by atoms with Gasteiger partial charge in [-0.05, 0) is 25.0 Å². The Hall–Kier alpha value is -2.18. The van der Waals surface area contributed by atoms with E-state index in [4.69, 9.17) is 0 Å². The van der Waals surface area contributed by atoms with E-state index in [0.29, 0.717) is 18.9 Å². The number of anilines is 1. The van der Waals surface area contributed by atoms with Crippen LogP contribution in [0.1, 0.15) is 26.7 Å². The summed E-state index contributed by atoms with van der Waals surface area (Å²) in [5.41, 5.74) is -1.09. The number of amides is 2. The van der Waals surface area contributed by atoms with Crippen LogP contribution in [0.5, 0.6) is 0 Å². The summed E-state index contributed by atoms with van der Waals surface area (Å²) >= 11 is 0. The molecule has 0 aromatic heterocycles. The standard InChI is InChI=1S/C14H18F2N2O3/c1-3-14(4-2,12(19)20)8-17-13(21)18-11-6-9(15)5-10(16)7-11/h5-7H,3-4,8H2,1-2H3,(H,19,20)(H2,17,18,21). The number of aliphatic carboxylic acids is 1. The Balaban J connectivity index is 2.67. The van der Waals surface area contributed by atoms with Gasteiger partial charge in [0.05, 0.1) is 5.41 Å². The molecule has 2 amide bonds. The van der Waals surface area contributed by atoms with E-state index in [1.807, 2.05) is 0 Å². The van der Waals surface area contributed by atoms with E-state index in [1.165, 1.54) is 0 Å². The van der Waals surface area contributed by atoms with Crippen LogP contribution < -0.4 is 10.6 Å². The fraction of sp³-hybridized carbons (Fsp3) is 0.429. The highest BCUT2D eigenvalue weighted by atomic mass is 19.1. The molecule has 1 aromatic carbocycles. The van der Waals surface area contributed by atoms with Gasteiger partial charge in [-0.3, -0.25) is 4.79 Å². The highest BCUT2D eigenvalue weighted by Crippen LogP contribution is 2.25. The topological polar surface area (TPSA) is 78.4 Å². The Kier molecular flexibility index (Phi) is 5.63. The number of carbonyl (C=O) groups excluding carboxylic acids is 1. The van der Waals surface area contributed by atoms with Crippen LogP contribution in [-0.4, -0.2) is 23.7 Å². The summed E-state index contributed by atoms with van der Waals surface area (Å²) in [7, 11) is 0. The van der Waals surface area contributed by atoms with Gasteiger partial charge in [0.25, 0.3) is 0 Å². The van der Waals surface area contributed by atoms with Gasteiger partial charge >= 0.3 is 12.0 Å². The number of urea groups is 1. The molecule has 0 atom stereocenters. The van der Waals surface area contributed by atoms with Gasteiger partial charge in [0, 0.05) is 18.3 Å². The van der Waals surface area contributed by atoms with Crippen molar-refractivity contribution in [2.24, 2.45) is 5.41 Å². The van der Waals surface area contributed by atoms with Crippen molar-refractivity contribution in [1.29, 1.82) is 0 Å². The van der Waals surface area contributed by atoms with Crippen molar-refractivity contribution < 1.29 is 23.5 Å². The Morgan fingerprint density at radius 2 is 1.67 bits per heavy atom. The molecule has 1 aromatic rings. The van der Waals surface area contributed by atoms with Gasteiger partial charge in [0.15, 0.2) is 0 Å². The molecule has 0 spiro atoms. The minimum absolute atomic E-state index is 0.0427. The number of carboxylic acid groups (broad SMARTS) is 1. The Morgan fingerprint density at radius 1 is 1.14 bits per heavy atom. The highest BCUT2D eigenvalue weighted by molar-refractivity contribution is 5.89. The molecule has 0 radical (unpaired) electrons. The van der Waals surface area contributed by atoms with Gasteiger partial charge in [-0.25, -0.2) is 13.6 Å². The second-order valence-electron chi connectivity index (χ2n) is 4.76. The summed E-state index contributed by atoms with van der Waals surface area (Å²) in [5, 5.41) is 13.9. The Morgan fingerprint density at radius 3 is 2.10 bits per heavy atom. The maximum Gasteiger partial charge on any atom is 0.319 e. The SMILES string of the molecule is CCC(CC)(CNC(=O)Nc1cc(F)cc(F)c1)C(=O)O. The van der Waals surface area contributed by atoms with Crippen molar-refractivity contribution in [3.8, 4) is 0 Å². The fourth-order valence-electron chi connectivity index (χ4n) is 1.93. The molecule has 1 rings (SSSR count). The molecule has 116 valence electrons. The van der Waals surface area contributed by atoms with Crippen molar-refractivity contribution in [2.75, 3.05) is 11.9 Å². The summed E-state index contributed by atoms with van der Waals surface area (Å²) in [4.78, 5) is 22.9. The molecule has 7 heteroatoms. The van der Waals surface area contributed by atoms with Gasteiger partial charge in [0.2, 0.25) is 0 Å². The van der Waals surface area contributed by atoms with E-state index in [1.54, 1.807) is 13.8 Å². The predicted octanol–water partition coefficient (Wildman–Crippen LogP) is 2.98. The lowest BCUT2D eigenvalue weighted by molar-refractivity contribution is -0.149. The lowest BCUT2D eigenvalue weighted by Crippen LogP contribution is -2.43. The third-order valence-corrected chi connectivity index (χ3v) is 3.51. The van der Waals surface area contributed by atoms with E-state index in [0.717, 1.165) is 12.1 Å². The number of carbonyl (C=O) groups is 2. The first-order valence-corrected chi connectivity index (χ1v) is 6.57. The van der Waals surface area contributed by atoms with Crippen molar-refractivity contribution in [2.45, 2.75) is 26.7 Å². The molecule has 0 aliphatic rings. The number of carboxylic acids is 1. The molecule has 0 unspecified atom stereocenters. The van der Waals surface area contributed by atoms with Gasteiger partial charge in [-0.15, -0.1) is 0 Å². The van der Waals surface area contributed by atoms with Crippen LogP contribution in [0.3, 0.4) is 0 Å². The van der Waals surface area contributed by atoms with E-state index in [9.17, 15) is 23.5 Å². The first-order valence-electron chi connectivity index (χ1n) is 6.57. The smallest absolute Gasteiger partial charge is 0.319 e. The van der Waals surface area contributed by atoms with Gasteiger partial charge in [-0.2, -0.15) is 0 Å². The molecule has 0 saturated heterocycles. The van der Waals surface area contributed by atoms with Crippen molar-refractivity contribution in [3.63, 3.8) is 0 Å². The zero-order chi connectivity index (χ0) is 16.0. The number of nitrogens with one attached hydrogen (secondary N) is 2. The zero-order valence-corrected chi connectivity index (χ0v) is 11.9. The summed E-state index contributed by atoms with van der Waals surface area (Å²) in [5.74, 6) is -2.62. The van der Waals surface area contributed by atoms with E-state index in [2.05, 4.69) is 10.6 Å². The maximum atomic E-state index is 13.0. The van der Waals surface area contributed by atoms with Crippen LogP contribution in [0.4, 0.5) is 19.3 Å².